The van der Waals surface area contributed by atoms with Crippen molar-refractivity contribution in [3.8, 4) is 0 Å². The predicted octanol–water partition coefficient (Wildman–Crippen LogP) is 3.62. The quantitative estimate of drug-likeness (QED) is 0.316. The third-order valence-electron chi connectivity index (χ3n) is 5.30. The van der Waals surface area contributed by atoms with Crippen LogP contribution in [0.5, 0.6) is 0 Å². The fraction of sp³-hybridized carbons (Fsp3) is 0.435. The van der Waals surface area contributed by atoms with Gasteiger partial charge in [0.25, 0.3) is 5.69 Å². The number of nitrogens with zero attached hydrogens (tertiary/aromatic N) is 3. The zero-order chi connectivity index (χ0) is 21.3. The molecule has 7 nitrogen and oxygen atoms in total. The minimum absolute atomic E-state index is 0.0987. The molecule has 0 unspecified atom stereocenters. The monoisotopic (exact) mass is 409 g/mol. The minimum atomic E-state index is -0.374. The van der Waals surface area contributed by atoms with E-state index in [1.54, 1.807) is 12.1 Å². The van der Waals surface area contributed by atoms with E-state index in [4.69, 9.17) is 0 Å². The highest BCUT2D eigenvalue weighted by Gasteiger charge is 2.20. The summed E-state index contributed by atoms with van der Waals surface area (Å²) >= 11 is 0. The molecule has 7 heteroatoms. The third-order valence-corrected chi connectivity index (χ3v) is 5.30. The van der Waals surface area contributed by atoms with E-state index in [1.807, 2.05) is 13.0 Å². The van der Waals surface area contributed by atoms with Crippen LogP contribution in [0.15, 0.2) is 53.5 Å². The van der Waals surface area contributed by atoms with Crippen LogP contribution < -0.4 is 10.6 Å². The van der Waals surface area contributed by atoms with Crippen molar-refractivity contribution in [2.24, 2.45) is 4.99 Å². The maximum atomic E-state index is 11.0. The van der Waals surface area contributed by atoms with Crippen molar-refractivity contribution >= 4 is 11.6 Å². The smallest absolute Gasteiger partial charge is 0.269 e. The fourth-order valence-electron chi connectivity index (χ4n) is 3.76. The molecule has 2 aromatic rings. The fourth-order valence-corrected chi connectivity index (χ4v) is 3.76. The van der Waals surface area contributed by atoms with Gasteiger partial charge >= 0.3 is 0 Å². The Kier molecular flexibility index (Phi) is 7.79. The van der Waals surface area contributed by atoms with Crippen molar-refractivity contribution in [3.05, 3.63) is 75.3 Å². The van der Waals surface area contributed by atoms with Gasteiger partial charge in [0, 0.05) is 44.4 Å². The van der Waals surface area contributed by atoms with Gasteiger partial charge in [-0.25, -0.2) is 4.99 Å². The lowest BCUT2D eigenvalue weighted by Crippen LogP contribution is -2.48. The number of nitro groups is 1. The Morgan fingerprint density at radius 2 is 1.90 bits per heavy atom. The maximum absolute atomic E-state index is 11.0. The predicted molar refractivity (Wildman–Crippen MR) is 121 cm³/mol. The highest BCUT2D eigenvalue weighted by molar-refractivity contribution is 5.80. The molecule has 0 saturated carbocycles. The van der Waals surface area contributed by atoms with Gasteiger partial charge in [-0.1, -0.05) is 42.0 Å². The molecule has 1 fully saturated rings. The summed E-state index contributed by atoms with van der Waals surface area (Å²) in [6, 6.07) is 15.7. The number of nitro benzene ring substituents is 1. The Bertz CT molecular complexity index is 875. The molecular formula is C23H31N5O2. The van der Waals surface area contributed by atoms with Gasteiger partial charge < -0.3 is 10.6 Å². The number of aliphatic imine (C=N–C) groups is 1. The molecule has 0 bridgehead atoms. The van der Waals surface area contributed by atoms with Crippen LogP contribution in [0.3, 0.4) is 0 Å². The number of nitrogens with one attached hydrogen (secondary N) is 2. The summed E-state index contributed by atoms with van der Waals surface area (Å²) in [7, 11) is 0. The molecule has 0 aromatic heterocycles. The van der Waals surface area contributed by atoms with Crippen molar-refractivity contribution in [1.29, 1.82) is 0 Å². The van der Waals surface area contributed by atoms with Crippen LogP contribution in [0.2, 0.25) is 0 Å². The molecule has 2 aromatic carbocycles. The first-order chi connectivity index (χ1) is 14.5. The van der Waals surface area contributed by atoms with E-state index in [0.29, 0.717) is 12.6 Å². The van der Waals surface area contributed by atoms with Gasteiger partial charge in [-0.15, -0.1) is 0 Å². The lowest BCUT2D eigenvalue weighted by molar-refractivity contribution is -0.384. The van der Waals surface area contributed by atoms with Gasteiger partial charge in [0.1, 0.15) is 0 Å². The number of likely N-dealkylation sites (tertiary alicyclic amines) is 1. The second kappa shape index (κ2) is 10.7. The standard InChI is InChI=1S/C23H31N5O2/c1-3-24-23(25-16-19-7-5-9-22(15-19)28(29)30)26-21-10-12-27(13-11-21)17-20-8-4-6-18(2)14-20/h4-9,14-15,21H,3,10-13,16-17H2,1-2H3,(H2,24,25,26). The Balaban J connectivity index is 1.52. The minimum Gasteiger partial charge on any atom is -0.357 e. The first kappa shape index (κ1) is 21.8. The zero-order valence-corrected chi connectivity index (χ0v) is 17.8. The van der Waals surface area contributed by atoms with Crippen LogP contribution in [-0.2, 0) is 13.1 Å². The molecule has 1 saturated heterocycles. The van der Waals surface area contributed by atoms with Crippen LogP contribution in [0.25, 0.3) is 0 Å². The SMILES string of the molecule is CCNC(=NCc1cccc([N+](=O)[O-])c1)NC1CCN(Cc2cccc(C)c2)CC1. The van der Waals surface area contributed by atoms with Crippen LogP contribution >= 0.6 is 0 Å². The summed E-state index contributed by atoms with van der Waals surface area (Å²) < 4.78 is 0. The number of aryl methyl sites for hydroxylation is 1. The van der Waals surface area contributed by atoms with E-state index in [2.05, 4.69) is 51.7 Å². The lowest BCUT2D eigenvalue weighted by Gasteiger charge is -2.33. The van der Waals surface area contributed by atoms with Crippen molar-refractivity contribution in [2.75, 3.05) is 19.6 Å². The van der Waals surface area contributed by atoms with E-state index >= 15 is 0 Å². The van der Waals surface area contributed by atoms with Crippen molar-refractivity contribution in [3.63, 3.8) is 0 Å². The lowest BCUT2D eigenvalue weighted by atomic mass is 10.0. The normalized spacial score (nSPS) is 15.7. The maximum Gasteiger partial charge on any atom is 0.269 e. The Labute approximate surface area is 178 Å². The molecule has 1 heterocycles. The van der Waals surface area contributed by atoms with Gasteiger partial charge in [-0.3, -0.25) is 15.0 Å². The Morgan fingerprint density at radius 1 is 1.17 bits per heavy atom. The summed E-state index contributed by atoms with van der Waals surface area (Å²) in [5, 5.41) is 17.8. The molecule has 1 aliphatic heterocycles. The number of piperidine rings is 1. The Morgan fingerprint density at radius 3 is 2.60 bits per heavy atom. The number of guanidine groups is 1. The molecule has 0 amide bonds. The zero-order valence-electron chi connectivity index (χ0n) is 17.8. The Hall–Kier alpha value is -2.93. The van der Waals surface area contributed by atoms with Crippen molar-refractivity contribution < 1.29 is 4.92 Å². The third kappa shape index (κ3) is 6.56. The van der Waals surface area contributed by atoms with E-state index < -0.39 is 0 Å². The number of rotatable bonds is 7. The first-order valence-electron chi connectivity index (χ1n) is 10.6. The molecule has 160 valence electrons. The number of hydrogen-bond donors (Lipinski definition) is 2. The molecule has 30 heavy (non-hydrogen) atoms. The highest BCUT2D eigenvalue weighted by Crippen LogP contribution is 2.16. The second-order valence-electron chi connectivity index (χ2n) is 7.81. The molecular weight excluding hydrogens is 378 g/mol. The average Bonchev–Trinajstić information content (AvgIpc) is 2.74. The summed E-state index contributed by atoms with van der Waals surface area (Å²) in [5.41, 5.74) is 3.60. The average molecular weight is 410 g/mol. The van der Waals surface area contributed by atoms with Crippen molar-refractivity contribution in [1.82, 2.24) is 15.5 Å². The molecule has 2 N–H and O–H groups in total. The molecule has 0 radical (unpaired) electrons. The molecule has 0 spiro atoms. The largest absolute Gasteiger partial charge is 0.357 e. The number of hydrogen-bond acceptors (Lipinski definition) is 4. The molecule has 0 aliphatic carbocycles. The molecule has 0 atom stereocenters. The number of non-ortho nitro benzene ring substituents is 1. The van der Waals surface area contributed by atoms with Gasteiger partial charge in [0.2, 0.25) is 0 Å². The summed E-state index contributed by atoms with van der Waals surface area (Å²) in [6.45, 7) is 8.45. The van der Waals surface area contributed by atoms with Crippen molar-refractivity contribution in [2.45, 2.75) is 45.8 Å². The summed E-state index contributed by atoms with van der Waals surface area (Å²) in [6.07, 6.45) is 2.13. The second-order valence-corrected chi connectivity index (χ2v) is 7.81. The van der Waals surface area contributed by atoms with Crippen LogP contribution in [0, 0.1) is 17.0 Å². The van der Waals surface area contributed by atoms with Crippen LogP contribution in [0.4, 0.5) is 5.69 Å². The van der Waals surface area contributed by atoms with Gasteiger partial charge in [0.05, 0.1) is 11.5 Å². The molecule has 1 aliphatic rings. The first-order valence-corrected chi connectivity index (χ1v) is 10.6. The van der Waals surface area contributed by atoms with E-state index in [-0.39, 0.29) is 10.6 Å². The highest BCUT2D eigenvalue weighted by atomic mass is 16.6. The summed E-state index contributed by atoms with van der Waals surface area (Å²) in [4.78, 5) is 17.7. The van der Waals surface area contributed by atoms with Crippen LogP contribution in [0.1, 0.15) is 36.5 Å². The van der Waals surface area contributed by atoms with Crippen LogP contribution in [-0.4, -0.2) is 41.5 Å². The van der Waals surface area contributed by atoms with E-state index in [0.717, 1.165) is 50.5 Å². The number of benzene rings is 2. The summed E-state index contributed by atoms with van der Waals surface area (Å²) in [5.74, 6) is 0.765. The van der Waals surface area contributed by atoms with Gasteiger partial charge in [-0.2, -0.15) is 0 Å². The van der Waals surface area contributed by atoms with E-state index in [1.165, 1.54) is 17.2 Å². The van der Waals surface area contributed by atoms with Gasteiger partial charge in [0.15, 0.2) is 5.96 Å². The molecule has 3 rings (SSSR count). The van der Waals surface area contributed by atoms with E-state index in [9.17, 15) is 10.1 Å². The van der Waals surface area contributed by atoms with Gasteiger partial charge in [-0.05, 0) is 37.8 Å². The topological polar surface area (TPSA) is 82.8 Å².